The van der Waals surface area contributed by atoms with Crippen LogP contribution in [0.4, 0.5) is 5.69 Å². The maximum Gasteiger partial charge on any atom is 0.232 e. The Labute approximate surface area is 170 Å². The van der Waals surface area contributed by atoms with E-state index in [1.165, 1.54) is 10.5 Å². The van der Waals surface area contributed by atoms with Crippen LogP contribution >= 0.6 is 11.8 Å². The summed E-state index contributed by atoms with van der Waals surface area (Å²) in [5.41, 5.74) is 4.95. The molecule has 1 aliphatic carbocycles. The van der Waals surface area contributed by atoms with Crippen LogP contribution in [0.2, 0.25) is 0 Å². The fourth-order valence-electron chi connectivity index (χ4n) is 4.29. The van der Waals surface area contributed by atoms with Crippen LogP contribution in [-0.4, -0.2) is 17.9 Å². The van der Waals surface area contributed by atoms with Gasteiger partial charge in [-0.25, -0.2) is 0 Å². The lowest BCUT2D eigenvalue weighted by atomic mass is 9.77. The Kier molecular flexibility index (Phi) is 5.40. The van der Waals surface area contributed by atoms with E-state index < -0.39 is 0 Å². The van der Waals surface area contributed by atoms with Crippen molar-refractivity contribution in [2.24, 2.45) is 0 Å². The summed E-state index contributed by atoms with van der Waals surface area (Å²) in [6.45, 7) is 2.12. The van der Waals surface area contributed by atoms with Crippen molar-refractivity contribution in [3.8, 4) is 0 Å². The summed E-state index contributed by atoms with van der Waals surface area (Å²) in [7, 11) is 0. The minimum atomic E-state index is -0.127. The van der Waals surface area contributed by atoms with E-state index in [1.54, 1.807) is 16.7 Å². The molecule has 2 aromatic carbocycles. The first-order chi connectivity index (χ1) is 13.6. The highest BCUT2D eigenvalue weighted by Crippen LogP contribution is 2.43. The Balaban J connectivity index is 1.79. The Hall–Kier alpha value is -2.33. The highest BCUT2D eigenvalue weighted by molar-refractivity contribution is 7.98. The van der Waals surface area contributed by atoms with Crippen LogP contribution in [-0.2, 0) is 16.0 Å². The van der Waals surface area contributed by atoms with Crippen molar-refractivity contribution in [3.05, 3.63) is 70.9 Å². The van der Waals surface area contributed by atoms with E-state index >= 15 is 0 Å². The molecule has 0 radical (unpaired) electrons. The first kappa shape index (κ1) is 19.0. The summed E-state index contributed by atoms with van der Waals surface area (Å²) in [6, 6.07) is 16.5. The first-order valence-electron chi connectivity index (χ1n) is 9.94. The molecule has 0 saturated carbocycles. The normalized spacial score (nSPS) is 19.8. The van der Waals surface area contributed by atoms with Crippen molar-refractivity contribution in [1.29, 1.82) is 0 Å². The van der Waals surface area contributed by atoms with E-state index in [0.717, 1.165) is 41.8 Å². The number of amides is 1. The molecule has 2 aromatic rings. The highest BCUT2D eigenvalue weighted by atomic mass is 32.2. The number of ketones is 1. The van der Waals surface area contributed by atoms with Crippen LogP contribution in [0.25, 0.3) is 0 Å². The molecule has 0 bridgehead atoms. The van der Waals surface area contributed by atoms with E-state index in [0.29, 0.717) is 12.8 Å². The summed E-state index contributed by atoms with van der Waals surface area (Å²) in [5.74, 6) is 0.150. The van der Waals surface area contributed by atoms with Crippen molar-refractivity contribution < 1.29 is 9.59 Å². The molecule has 4 rings (SSSR count). The Morgan fingerprint density at radius 1 is 1.00 bits per heavy atom. The zero-order valence-corrected chi connectivity index (χ0v) is 17.2. The molecule has 1 aliphatic heterocycles. The molecule has 0 fully saturated rings. The van der Waals surface area contributed by atoms with Crippen molar-refractivity contribution in [3.63, 3.8) is 0 Å². The average molecular weight is 392 g/mol. The van der Waals surface area contributed by atoms with Gasteiger partial charge in [0.25, 0.3) is 0 Å². The number of thioether (sulfide) groups is 1. The molecule has 4 heteroatoms. The molecule has 1 heterocycles. The van der Waals surface area contributed by atoms with Crippen LogP contribution in [0.5, 0.6) is 0 Å². The molecular weight excluding hydrogens is 366 g/mol. The van der Waals surface area contributed by atoms with E-state index in [2.05, 4.69) is 43.3 Å². The van der Waals surface area contributed by atoms with Gasteiger partial charge >= 0.3 is 0 Å². The molecular formula is C24H25NO2S. The molecule has 1 atom stereocenters. The first-order valence-corrected chi connectivity index (χ1v) is 11.2. The van der Waals surface area contributed by atoms with Crippen molar-refractivity contribution >= 4 is 29.1 Å². The molecule has 1 unspecified atom stereocenters. The Morgan fingerprint density at radius 3 is 2.36 bits per heavy atom. The number of aryl methyl sites for hydroxylation is 1. The highest BCUT2D eigenvalue weighted by Gasteiger charge is 2.39. The molecule has 3 nitrogen and oxygen atoms in total. The molecule has 0 saturated heterocycles. The average Bonchev–Trinajstić information content (AvgIpc) is 2.73. The van der Waals surface area contributed by atoms with Gasteiger partial charge in [0.1, 0.15) is 0 Å². The predicted molar refractivity (Wildman–Crippen MR) is 115 cm³/mol. The Morgan fingerprint density at radius 2 is 1.71 bits per heavy atom. The van der Waals surface area contributed by atoms with Crippen LogP contribution in [0.1, 0.15) is 49.7 Å². The summed E-state index contributed by atoms with van der Waals surface area (Å²) < 4.78 is 0. The van der Waals surface area contributed by atoms with Crippen molar-refractivity contribution in [1.82, 2.24) is 0 Å². The number of benzene rings is 2. The topological polar surface area (TPSA) is 37.4 Å². The number of allylic oxidation sites excluding steroid dienone is 2. The van der Waals surface area contributed by atoms with E-state index in [1.807, 2.05) is 18.4 Å². The minimum Gasteiger partial charge on any atom is -0.294 e. The maximum absolute atomic E-state index is 13.2. The fourth-order valence-corrected chi connectivity index (χ4v) is 4.70. The third-order valence-corrected chi connectivity index (χ3v) is 6.54. The van der Waals surface area contributed by atoms with Gasteiger partial charge in [0.05, 0.1) is 0 Å². The number of rotatable bonds is 4. The van der Waals surface area contributed by atoms with Gasteiger partial charge < -0.3 is 0 Å². The summed E-state index contributed by atoms with van der Waals surface area (Å²) in [6.07, 6.45) is 5.53. The molecule has 1 amide bonds. The number of hydrogen-bond acceptors (Lipinski definition) is 3. The molecule has 144 valence electrons. The molecule has 28 heavy (non-hydrogen) atoms. The van der Waals surface area contributed by atoms with Gasteiger partial charge in [0.2, 0.25) is 5.91 Å². The number of Topliss-reactive ketones (excluding diaryl/α,β-unsaturated/α-hetero) is 1. The Bertz CT molecular complexity index is 928. The lowest BCUT2D eigenvalue weighted by molar-refractivity contribution is -0.119. The fraction of sp³-hybridized carbons (Fsp3) is 0.333. The minimum absolute atomic E-state index is 0.0802. The second-order valence-electron chi connectivity index (χ2n) is 7.42. The van der Waals surface area contributed by atoms with Crippen molar-refractivity contribution in [2.75, 3.05) is 11.2 Å². The smallest absolute Gasteiger partial charge is 0.232 e. The number of anilines is 1. The van der Waals surface area contributed by atoms with E-state index in [4.69, 9.17) is 0 Å². The molecule has 0 N–H and O–H groups in total. The monoisotopic (exact) mass is 391 g/mol. The van der Waals surface area contributed by atoms with Gasteiger partial charge in [-0.15, -0.1) is 11.8 Å². The zero-order valence-electron chi connectivity index (χ0n) is 16.4. The summed E-state index contributed by atoms with van der Waals surface area (Å²) in [5, 5.41) is 0. The number of hydrogen-bond donors (Lipinski definition) is 0. The van der Waals surface area contributed by atoms with Crippen LogP contribution in [0.15, 0.2) is 64.7 Å². The van der Waals surface area contributed by atoms with E-state index in [-0.39, 0.29) is 17.6 Å². The van der Waals surface area contributed by atoms with Crippen LogP contribution in [0, 0.1) is 0 Å². The number of carbonyl (C=O) groups is 2. The van der Waals surface area contributed by atoms with Gasteiger partial charge in [-0.1, -0.05) is 31.2 Å². The van der Waals surface area contributed by atoms with Gasteiger partial charge in [-0.05, 0) is 60.9 Å². The lowest BCUT2D eigenvalue weighted by Crippen LogP contribution is -2.40. The van der Waals surface area contributed by atoms with Gasteiger partial charge in [-0.2, -0.15) is 0 Å². The van der Waals surface area contributed by atoms with Crippen LogP contribution < -0.4 is 4.90 Å². The van der Waals surface area contributed by atoms with E-state index in [9.17, 15) is 9.59 Å². The van der Waals surface area contributed by atoms with Gasteiger partial charge in [0.15, 0.2) is 5.78 Å². The molecule has 0 spiro atoms. The molecule has 2 aliphatic rings. The quantitative estimate of drug-likeness (QED) is 0.646. The second kappa shape index (κ2) is 7.96. The number of nitrogens with zero attached hydrogens (tertiary/aromatic N) is 1. The predicted octanol–water partition coefficient (Wildman–Crippen LogP) is 5.50. The van der Waals surface area contributed by atoms with Crippen LogP contribution in [0.3, 0.4) is 0 Å². The third kappa shape index (κ3) is 3.42. The SMILES string of the molecule is CCc1ccc(N2C(=O)CC(c3ccc(SC)cc3)C3=C2CCCC3=O)cc1. The largest absolute Gasteiger partial charge is 0.294 e. The van der Waals surface area contributed by atoms with Gasteiger partial charge in [0, 0.05) is 40.6 Å². The number of carbonyl (C=O) groups excluding carboxylic acids is 2. The van der Waals surface area contributed by atoms with Gasteiger partial charge in [-0.3, -0.25) is 14.5 Å². The summed E-state index contributed by atoms with van der Waals surface area (Å²) >= 11 is 1.69. The maximum atomic E-state index is 13.2. The summed E-state index contributed by atoms with van der Waals surface area (Å²) in [4.78, 5) is 29.1. The third-order valence-electron chi connectivity index (χ3n) is 5.80. The second-order valence-corrected chi connectivity index (χ2v) is 8.30. The van der Waals surface area contributed by atoms with Crippen molar-refractivity contribution in [2.45, 2.75) is 49.8 Å². The molecule has 0 aromatic heterocycles. The lowest BCUT2D eigenvalue weighted by Gasteiger charge is -2.38. The standard InChI is InChI=1S/C24H25NO2S/c1-3-16-7-11-18(12-8-16)25-21-5-4-6-22(26)24(21)20(15-23(25)27)17-9-13-19(28-2)14-10-17/h7-14,20H,3-6,15H2,1-2H3. The zero-order chi connectivity index (χ0) is 19.7.